The Balaban J connectivity index is 1.86. The standard InChI is InChI=1S/C14H23N3O4S/c1-3-17-7-6-12(16-17)14(19)15-9-10-4-5-11(8-13(10)18)22(2,20)21/h6-7,10-11,13,18H,3-5,8-9H2,1-2H3,(H,15,19). The molecule has 1 amide bonds. The number of hydrogen-bond acceptors (Lipinski definition) is 5. The molecule has 2 N–H and O–H groups in total. The largest absolute Gasteiger partial charge is 0.393 e. The van der Waals surface area contributed by atoms with Gasteiger partial charge >= 0.3 is 0 Å². The molecule has 0 spiro atoms. The summed E-state index contributed by atoms with van der Waals surface area (Å²) in [5.74, 6) is -0.389. The third-order valence-electron chi connectivity index (χ3n) is 4.24. The molecule has 0 aliphatic heterocycles. The van der Waals surface area contributed by atoms with Crippen LogP contribution >= 0.6 is 0 Å². The number of carbonyl (C=O) groups excluding carboxylic acids is 1. The Labute approximate surface area is 130 Å². The van der Waals surface area contributed by atoms with Crippen LogP contribution in [0.1, 0.15) is 36.7 Å². The van der Waals surface area contributed by atoms with Gasteiger partial charge in [-0.05, 0) is 32.3 Å². The number of carbonyl (C=O) groups is 1. The van der Waals surface area contributed by atoms with Crippen LogP contribution in [-0.4, -0.2) is 53.4 Å². The molecule has 8 heteroatoms. The third-order valence-corrected chi connectivity index (χ3v) is 5.87. The molecule has 124 valence electrons. The summed E-state index contributed by atoms with van der Waals surface area (Å²) in [4.78, 5) is 12.0. The lowest BCUT2D eigenvalue weighted by Crippen LogP contribution is -2.41. The van der Waals surface area contributed by atoms with Gasteiger partial charge in [-0.3, -0.25) is 9.48 Å². The van der Waals surface area contributed by atoms with Gasteiger partial charge in [-0.1, -0.05) is 0 Å². The molecule has 22 heavy (non-hydrogen) atoms. The highest BCUT2D eigenvalue weighted by molar-refractivity contribution is 7.91. The summed E-state index contributed by atoms with van der Waals surface area (Å²) in [6.07, 6.45) is 3.59. The normalized spacial score (nSPS) is 25.9. The number of sulfone groups is 1. The van der Waals surface area contributed by atoms with Gasteiger partial charge in [-0.2, -0.15) is 5.10 Å². The van der Waals surface area contributed by atoms with Gasteiger partial charge in [0.25, 0.3) is 5.91 Å². The molecule has 1 fully saturated rings. The van der Waals surface area contributed by atoms with Crippen molar-refractivity contribution >= 4 is 15.7 Å². The number of aromatic nitrogens is 2. The van der Waals surface area contributed by atoms with Gasteiger partial charge in [0.2, 0.25) is 0 Å². The van der Waals surface area contributed by atoms with E-state index < -0.39 is 21.2 Å². The van der Waals surface area contributed by atoms with Crippen LogP contribution in [-0.2, 0) is 16.4 Å². The fraction of sp³-hybridized carbons (Fsp3) is 0.714. The average Bonchev–Trinajstić information content (AvgIpc) is 2.93. The summed E-state index contributed by atoms with van der Waals surface area (Å²) in [5, 5.41) is 16.5. The molecule has 0 radical (unpaired) electrons. The molecule has 0 saturated heterocycles. The number of aryl methyl sites for hydroxylation is 1. The second kappa shape index (κ2) is 6.78. The first-order valence-electron chi connectivity index (χ1n) is 7.49. The molecule has 0 aromatic carbocycles. The molecule has 1 saturated carbocycles. The summed E-state index contributed by atoms with van der Waals surface area (Å²) < 4.78 is 24.7. The Morgan fingerprint density at radius 3 is 2.77 bits per heavy atom. The van der Waals surface area contributed by atoms with Crippen LogP contribution in [0.15, 0.2) is 12.3 Å². The molecular weight excluding hydrogens is 306 g/mol. The molecule has 2 rings (SSSR count). The van der Waals surface area contributed by atoms with E-state index >= 15 is 0 Å². The maximum atomic E-state index is 12.0. The minimum absolute atomic E-state index is 0.116. The molecule has 3 unspecified atom stereocenters. The van der Waals surface area contributed by atoms with E-state index in [1.807, 2.05) is 6.92 Å². The topological polar surface area (TPSA) is 101 Å². The predicted molar refractivity (Wildman–Crippen MR) is 82.2 cm³/mol. The highest BCUT2D eigenvalue weighted by atomic mass is 32.2. The average molecular weight is 329 g/mol. The van der Waals surface area contributed by atoms with E-state index in [0.717, 1.165) is 0 Å². The number of nitrogens with one attached hydrogen (secondary N) is 1. The zero-order chi connectivity index (χ0) is 16.3. The lowest BCUT2D eigenvalue weighted by atomic mass is 9.86. The number of nitrogens with zero attached hydrogens (tertiary/aromatic N) is 2. The lowest BCUT2D eigenvalue weighted by Gasteiger charge is -2.32. The quantitative estimate of drug-likeness (QED) is 0.804. The van der Waals surface area contributed by atoms with Crippen molar-refractivity contribution in [3.63, 3.8) is 0 Å². The van der Waals surface area contributed by atoms with Gasteiger partial charge in [-0.25, -0.2) is 8.42 Å². The number of rotatable bonds is 5. The highest BCUT2D eigenvalue weighted by Crippen LogP contribution is 2.28. The van der Waals surface area contributed by atoms with Crippen LogP contribution in [0.25, 0.3) is 0 Å². The monoisotopic (exact) mass is 329 g/mol. The lowest BCUT2D eigenvalue weighted by molar-refractivity contribution is 0.0672. The number of aliphatic hydroxyl groups is 1. The molecular formula is C14H23N3O4S. The fourth-order valence-electron chi connectivity index (χ4n) is 2.77. The highest BCUT2D eigenvalue weighted by Gasteiger charge is 2.34. The molecule has 1 aliphatic carbocycles. The van der Waals surface area contributed by atoms with Gasteiger partial charge < -0.3 is 10.4 Å². The minimum atomic E-state index is -3.12. The summed E-state index contributed by atoms with van der Waals surface area (Å²) >= 11 is 0. The van der Waals surface area contributed by atoms with Crippen molar-refractivity contribution in [1.29, 1.82) is 0 Å². The smallest absolute Gasteiger partial charge is 0.271 e. The van der Waals surface area contributed by atoms with Gasteiger partial charge in [0.05, 0.1) is 11.4 Å². The first-order chi connectivity index (χ1) is 10.3. The van der Waals surface area contributed by atoms with E-state index in [2.05, 4.69) is 10.4 Å². The van der Waals surface area contributed by atoms with Crippen LogP contribution < -0.4 is 5.32 Å². The maximum absolute atomic E-state index is 12.0. The zero-order valence-electron chi connectivity index (χ0n) is 12.9. The van der Waals surface area contributed by atoms with Gasteiger partial charge in [0.1, 0.15) is 15.5 Å². The van der Waals surface area contributed by atoms with Crippen LogP contribution in [0.5, 0.6) is 0 Å². The predicted octanol–water partition coefficient (Wildman–Crippen LogP) is 0.207. The van der Waals surface area contributed by atoms with Crippen molar-refractivity contribution < 1.29 is 18.3 Å². The van der Waals surface area contributed by atoms with Crippen molar-refractivity contribution in [2.24, 2.45) is 5.92 Å². The van der Waals surface area contributed by atoms with E-state index in [-0.39, 0.29) is 18.2 Å². The zero-order valence-corrected chi connectivity index (χ0v) is 13.7. The molecule has 7 nitrogen and oxygen atoms in total. The Morgan fingerprint density at radius 2 is 2.23 bits per heavy atom. The third kappa shape index (κ3) is 4.07. The Bertz CT molecular complexity index is 626. The van der Waals surface area contributed by atoms with Crippen molar-refractivity contribution in [2.45, 2.75) is 44.1 Å². The summed E-state index contributed by atoms with van der Waals surface area (Å²) in [5.41, 5.74) is 0.348. The second-order valence-electron chi connectivity index (χ2n) is 5.86. The van der Waals surface area contributed by atoms with Gasteiger partial charge in [0.15, 0.2) is 0 Å². The molecule has 1 aromatic heterocycles. The SMILES string of the molecule is CCn1ccc(C(=O)NCC2CCC(S(C)(=O)=O)CC2O)n1. The van der Waals surface area contributed by atoms with Crippen LogP contribution in [0.3, 0.4) is 0 Å². The minimum Gasteiger partial charge on any atom is -0.393 e. The van der Waals surface area contributed by atoms with E-state index in [0.29, 0.717) is 31.6 Å². The van der Waals surface area contributed by atoms with Crippen LogP contribution in [0, 0.1) is 5.92 Å². The molecule has 1 aliphatic rings. The first-order valence-corrected chi connectivity index (χ1v) is 9.45. The van der Waals surface area contributed by atoms with E-state index in [9.17, 15) is 18.3 Å². The van der Waals surface area contributed by atoms with E-state index in [4.69, 9.17) is 0 Å². The molecule has 1 aromatic rings. The van der Waals surface area contributed by atoms with Gasteiger partial charge in [0, 0.05) is 31.5 Å². The Morgan fingerprint density at radius 1 is 1.50 bits per heavy atom. The van der Waals surface area contributed by atoms with Gasteiger partial charge in [-0.15, -0.1) is 0 Å². The van der Waals surface area contributed by atoms with Crippen molar-refractivity contribution in [3.8, 4) is 0 Å². The molecule has 0 bridgehead atoms. The summed E-state index contributed by atoms with van der Waals surface area (Å²) in [6, 6.07) is 1.65. The number of hydrogen-bond donors (Lipinski definition) is 2. The Kier molecular flexibility index (Phi) is 5.23. The maximum Gasteiger partial charge on any atom is 0.271 e. The second-order valence-corrected chi connectivity index (χ2v) is 8.18. The first kappa shape index (κ1) is 17.0. The van der Waals surface area contributed by atoms with E-state index in [1.54, 1.807) is 16.9 Å². The summed E-state index contributed by atoms with van der Waals surface area (Å²) in [7, 11) is -3.12. The van der Waals surface area contributed by atoms with Crippen LogP contribution in [0.2, 0.25) is 0 Å². The Hall–Kier alpha value is -1.41. The number of aliphatic hydroxyl groups excluding tert-OH is 1. The van der Waals surface area contributed by atoms with Crippen LogP contribution in [0.4, 0.5) is 0 Å². The van der Waals surface area contributed by atoms with Crippen molar-refractivity contribution in [3.05, 3.63) is 18.0 Å². The van der Waals surface area contributed by atoms with Crippen molar-refractivity contribution in [1.82, 2.24) is 15.1 Å². The van der Waals surface area contributed by atoms with Crippen molar-refractivity contribution in [2.75, 3.05) is 12.8 Å². The fourth-order valence-corrected chi connectivity index (χ4v) is 3.88. The number of amides is 1. The molecule has 3 atom stereocenters. The summed E-state index contributed by atoms with van der Waals surface area (Å²) in [6.45, 7) is 2.96. The molecule has 1 heterocycles. The van der Waals surface area contributed by atoms with E-state index in [1.165, 1.54) is 6.26 Å².